The van der Waals surface area contributed by atoms with E-state index in [9.17, 15) is 4.79 Å². The normalized spacial score (nSPS) is 16.0. The maximum atomic E-state index is 11.7. The molecule has 0 unspecified atom stereocenters. The lowest BCUT2D eigenvalue weighted by atomic mass is 9.90. The number of amides is 1. The van der Waals surface area contributed by atoms with Crippen LogP contribution in [0, 0.1) is 5.92 Å². The Morgan fingerprint density at radius 1 is 1.19 bits per heavy atom. The van der Waals surface area contributed by atoms with Crippen LogP contribution in [0.3, 0.4) is 0 Å². The van der Waals surface area contributed by atoms with Gasteiger partial charge in [0.05, 0.1) is 6.61 Å². The molecule has 3 nitrogen and oxygen atoms in total. The zero-order valence-corrected chi connectivity index (χ0v) is 13.3. The molecule has 0 radical (unpaired) electrons. The third kappa shape index (κ3) is 4.76. The van der Waals surface area contributed by atoms with Gasteiger partial charge in [0.25, 0.3) is 0 Å². The van der Waals surface area contributed by atoms with E-state index < -0.39 is 0 Å². The lowest BCUT2D eigenvalue weighted by Crippen LogP contribution is -2.38. The lowest BCUT2D eigenvalue weighted by Gasteiger charge is -2.32. The smallest absolute Gasteiger partial charge is 0.222 e. The number of carbonyl (C=O) groups is 1. The summed E-state index contributed by atoms with van der Waals surface area (Å²) in [6.07, 6.45) is 5.29. The molecule has 1 aromatic rings. The van der Waals surface area contributed by atoms with Crippen molar-refractivity contribution in [3.8, 4) is 5.75 Å². The van der Waals surface area contributed by atoms with Crippen LogP contribution in [0.1, 0.15) is 45.1 Å². The second-order valence-corrected chi connectivity index (χ2v) is 5.79. The molecule has 1 aromatic carbocycles. The zero-order valence-electron chi connectivity index (χ0n) is 13.3. The molecule has 21 heavy (non-hydrogen) atoms. The summed E-state index contributed by atoms with van der Waals surface area (Å²) in [5.41, 5.74) is 1.38. The highest BCUT2D eigenvalue weighted by Crippen LogP contribution is 2.23. The van der Waals surface area contributed by atoms with Gasteiger partial charge in [0.1, 0.15) is 5.75 Å². The number of ether oxygens (including phenoxy) is 1. The average Bonchev–Trinajstić information content (AvgIpc) is 2.54. The van der Waals surface area contributed by atoms with Crippen molar-refractivity contribution in [1.82, 2.24) is 4.90 Å². The van der Waals surface area contributed by atoms with Crippen LogP contribution in [0.25, 0.3) is 0 Å². The Morgan fingerprint density at radius 3 is 2.43 bits per heavy atom. The Labute approximate surface area is 128 Å². The van der Waals surface area contributed by atoms with Crippen molar-refractivity contribution in [2.45, 2.75) is 46.0 Å². The molecule has 0 N–H and O–H groups in total. The number of nitrogens with zero attached hydrogens (tertiary/aromatic N) is 1. The maximum absolute atomic E-state index is 11.7. The van der Waals surface area contributed by atoms with Crippen molar-refractivity contribution in [3.63, 3.8) is 0 Å². The highest BCUT2D eigenvalue weighted by Gasteiger charge is 2.21. The molecule has 0 saturated carbocycles. The van der Waals surface area contributed by atoms with Crippen LogP contribution in [-0.2, 0) is 11.2 Å². The Balaban J connectivity index is 1.73. The van der Waals surface area contributed by atoms with Gasteiger partial charge in [0, 0.05) is 19.5 Å². The van der Waals surface area contributed by atoms with Gasteiger partial charge in [0.15, 0.2) is 0 Å². The second-order valence-electron chi connectivity index (χ2n) is 5.79. The van der Waals surface area contributed by atoms with Gasteiger partial charge >= 0.3 is 0 Å². The van der Waals surface area contributed by atoms with Crippen LogP contribution >= 0.6 is 0 Å². The molecule has 2 rings (SSSR count). The third-order valence-electron chi connectivity index (χ3n) is 4.35. The van der Waals surface area contributed by atoms with Gasteiger partial charge in [-0.2, -0.15) is 0 Å². The topological polar surface area (TPSA) is 29.5 Å². The fourth-order valence-corrected chi connectivity index (χ4v) is 2.98. The van der Waals surface area contributed by atoms with Crippen molar-refractivity contribution >= 4 is 5.91 Å². The molecule has 0 bridgehead atoms. The number of benzene rings is 1. The lowest BCUT2D eigenvalue weighted by molar-refractivity contribution is -0.132. The molecule has 1 aliphatic rings. The monoisotopic (exact) mass is 289 g/mol. The van der Waals surface area contributed by atoms with Gasteiger partial charge in [0.2, 0.25) is 5.91 Å². The van der Waals surface area contributed by atoms with Crippen LogP contribution in [0.5, 0.6) is 5.75 Å². The standard InChI is InChI=1S/C18H27NO2/c1-3-18(20)19-13-11-16(12-14-19)6-5-15-7-9-17(10-8-15)21-4-2/h7-10,16H,3-6,11-14H2,1-2H3. The van der Waals surface area contributed by atoms with Crippen molar-refractivity contribution in [1.29, 1.82) is 0 Å². The first-order valence-electron chi connectivity index (χ1n) is 8.22. The number of carbonyl (C=O) groups excluding carboxylic acids is 1. The summed E-state index contributed by atoms with van der Waals surface area (Å²) in [5.74, 6) is 2.02. The molecule has 3 heteroatoms. The average molecular weight is 289 g/mol. The van der Waals surface area contributed by atoms with E-state index in [1.807, 2.05) is 18.7 Å². The van der Waals surface area contributed by atoms with Gasteiger partial charge < -0.3 is 9.64 Å². The predicted molar refractivity (Wildman–Crippen MR) is 85.5 cm³/mol. The largest absolute Gasteiger partial charge is 0.494 e. The Morgan fingerprint density at radius 2 is 1.86 bits per heavy atom. The first kappa shape index (κ1) is 15.9. The van der Waals surface area contributed by atoms with E-state index in [1.54, 1.807) is 0 Å². The fraction of sp³-hybridized carbons (Fsp3) is 0.611. The highest BCUT2D eigenvalue weighted by atomic mass is 16.5. The Hall–Kier alpha value is -1.51. The SMILES string of the molecule is CCOc1ccc(CCC2CCN(C(=O)CC)CC2)cc1. The summed E-state index contributed by atoms with van der Waals surface area (Å²) in [4.78, 5) is 13.7. The number of rotatable bonds is 6. The van der Waals surface area contributed by atoms with E-state index in [2.05, 4.69) is 24.3 Å². The van der Waals surface area contributed by atoms with Crippen molar-refractivity contribution in [3.05, 3.63) is 29.8 Å². The molecule has 1 aliphatic heterocycles. The Bertz CT molecular complexity index is 433. The molecule has 0 spiro atoms. The Kier molecular flexibility index (Phi) is 6.09. The van der Waals surface area contributed by atoms with Gasteiger partial charge in [-0.1, -0.05) is 19.1 Å². The van der Waals surface area contributed by atoms with Crippen LogP contribution < -0.4 is 4.74 Å². The molecule has 1 fully saturated rings. The van der Waals surface area contributed by atoms with Gasteiger partial charge in [-0.15, -0.1) is 0 Å². The number of likely N-dealkylation sites (tertiary alicyclic amines) is 1. The molecular formula is C18H27NO2. The van der Waals surface area contributed by atoms with E-state index in [4.69, 9.17) is 4.74 Å². The van der Waals surface area contributed by atoms with Crippen LogP contribution in [0.15, 0.2) is 24.3 Å². The van der Waals surface area contributed by atoms with Crippen LogP contribution in [0.2, 0.25) is 0 Å². The zero-order chi connectivity index (χ0) is 15.1. The number of hydrogen-bond donors (Lipinski definition) is 0. The van der Waals surface area contributed by atoms with E-state index in [1.165, 1.54) is 12.0 Å². The summed E-state index contributed by atoms with van der Waals surface area (Å²) >= 11 is 0. The van der Waals surface area contributed by atoms with E-state index >= 15 is 0 Å². The van der Waals surface area contributed by atoms with E-state index in [0.29, 0.717) is 18.9 Å². The third-order valence-corrected chi connectivity index (χ3v) is 4.35. The molecule has 1 amide bonds. The molecular weight excluding hydrogens is 262 g/mol. The minimum absolute atomic E-state index is 0.306. The first-order valence-corrected chi connectivity index (χ1v) is 8.22. The van der Waals surface area contributed by atoms with Crippen molar-refractivity contribution < 1.29 is 9.53 Å². The molecule has 0 aliphatic carbocycles. The van der Waals surface area contributed by atoms with E-state index in [-0.39, 0.29) is 0 Å². The minimum Gasteiger partial charge on any atom is -0.494 e. The van der Waals surface area contributed by atoms with Crippen LogP contribution in [0.4, 0.5) is 0 Å². The predicted octanol–water partition coefficient (Wildman–Crippen LogP) is 3.67. The quantitative estimate of drug-likeness (QED) is 0.799. The summed E-state index contributed by atoms with van der Waals surface area (Å²) in [5, 5.41) is 0. The van der Waals surface area contributed by atoms with Gasteiger partial charge in [-0.25, -0.2) is 0 Å². The highest BCUT2D eigenvalue weighted by molar-refractivity contribution is 5.75. The fourth-order valence-electron chi connectivity index (χ4n) is 2.98. The van der Waals surface area contributed by atoms with E-state index in [0.717, 1.165) is 44.0 Å². The summed E-state index contributed by atoms with van der Waals surface area (Å²) in [6, 6.07) is 8.45. The summed E-state index contributed by atoms with van der Waals surface area (Å²) in [6.45, 7) is 6.56. The first-order chi connectivity index (χ1) is 10.2. The van der Waals surface area contributed by atoms with Crippen molar-refractivity contribution in [2.24, 2.45) is 5.92 Å². The summed E-state index contributed by atoms with van der Waals surface area (Å²) < 4.78 is 5.46. The minimum atomic E-state index is 0.306. The van der Waals surface area contributed by atoms with Crippen molar-refractivity contribution in [2.75, 3.05) is 19.7 Å². The number of hydrogen-bond acceptors (Lipinski definition) is 2. The van der Waals surface area contributed by atoms with Crippen LogP contribution in [-0.4, -0.2) is 30.5 Å². The van der Waals surface area contributed by atoms with Gasteiger partial charge in [-0.05, 0) is 56.2 Å². The second kappa shape index (κ2) is 8.06. The maximum Gasteiger partial charge on any atom is 0.222 e. The molecule has 1 saturated heterocycles. The molecule has 0 atom stereocenters. The summed E-state index contributed by atoms with van der Waals surface area (Å²) in [7, 11) is 0. The molecule has 1 heterocycles. The number of aryl methyl sites for hydroxylation is 1. The van der Waals surface area contributed by atoms with Gasteiger partial charge in [-0.3, -0.25) is 4.79 Å². The molecule has 116 valence electrons. The number of piperidine rings is 1. The molecule has 0 aromatic heterocycles.